The van der Waals surface area contributed by atoms with Crippen LogP contribution in [0.2, 0.25) is 0 Å². The van der Waals surface area contributed by atoms with Crippen LogP contribution in [0.1, 0.15) is 30.9 Å². The molecule has 0 atom stereocenters. The van der Waals surface area contributed by atoms with Gasteiger partial charge in [-0.25, -0.2) is 0 Å². The summed E-state index contributed by atoms with van der Waals surface area (Å²) in [5.74, 6) is 0.613. The molecule has 1 rings (SSSR count). The van der Waals surface area contributed by atoms with Crippen molar-refractivity contribution in [3.05, 3.63) is 29.3 Å². The molecule has 1 nitrogen and oxygen atoms in total. The first-order valence-corrected chi connectivity index (χ1v) is 3.89. The summed E-state index contributed by atoms with van der Waals surface area (Å²) in [7, 11) is 0. The van der Waals surface area contributed by atoms with Gasteiger partial charge in [-0.05, 0) is 36.1 Å². The maximum absolute atomic E-state index is 10.9. The molecule has 0 fully saturated rings. The summed E-state index contributed by atoms with van der Waals surface area (Å²) in [5, 5.41) is 10.9. The summed E-state index contributed by atoms with van der Waals surface area (Å²) in [6, 6.07) is 5.24. The molecular formula is C10H13O. The highest BCUT2D eigenvalue weighted by molar-refractivity contribution is 5.35. The van der Waals surface area contributed by atoms with E-state index in [9.17, 15) is 5.11 Å². The van der Waals surface area contributed by atoms with Gasteiger partial charge in [0.05, 0.1) is 0 Å². The molecule has 0 aliphatic carbocycles. The quantitative estimate of drug-likeness (QED) is 0.584. The molecule has 0 N–H and O–H groups in total. The van der Waals surface area contributed by atoms with Gasteiger partial charge in [-0.3, -0.25) is 5.11 Å². The van der Waals surface area contributed by atoms with E-state index in [0.29, 0.717) is 5.92 Å². The average molecular weight is 149 g/mol. The fourth-order valence-electron chi connectivity index (χ4n) is 1.30. The predicted octanol–water partition coefficient (Wildman–Crippen LogP) is 3.26. The first-order valence-electron chi connectivity index (χ1n) is 3.89. The fourth-order valence-corrected chi connectivity index (χ4v) is 1.30. The van der Waals surface area contributed by atoms with Crippen LogP contribution in [0.5, 0.6) is 5.75 Å². The molecule has 0 saturated heterocycles. The van der Waals surface area contributed by atoms with Gasteiger partial charge in [-0.1, -0.05) is 19.9 Å². The van der Waals surface area contributed by atoms with Crippen molar-refractivity contribution in [2.24, 2.45) is 0 Å². The number of rotatable bonds is 1. The monoisotopic (exact) mass is 149 g/mol. The molecule has 0 heterocycles. The molecule has 0 bridgehead atoms. The summed E-state index contributed by atoms with van der Waals surface area (Å²) < 4.78 is 0. The van der Waals surface area contributed by atoms with E-state index < -0.39 is 0 Å². The maximum atomic E-state index is 10.9. The molecule has 0 saturated carbocycles. The summed E-state index contributed by atoms with van der Waals surface area (Å²) in [4.78, 5) is 0. The SMILES string of the molecule is Cc1cc([O])ccc1C(C)C. The van der Waals surface area contributed by atoms with E-state index >= 15 is 0 Å². The van der Waals surface area contributed by atoms with Gasteiger partial charge in [0.15, 0.2) is 5.75 Å². The number of hydrogen-bond donors (Lipinski definition) is 0. The Morgan fingerprint density at radius 1 is 1.27 bits per heavy atom. The zero-order valence-electron chi connectivity index (χ0n) is 7.22. The zero-order valence-corrected chi connectivity index (χ0v) is 7.22. The van der Waals surface area contributed by atoms with Crippen LogP contribution >= 0.6 is 0 Å². The van der Waals surface area contributed by atoms with Gasteiger partial charge in [0.25, 0.3) is 0 Å². The van der Waals surface area contributed by atoms with Gasteiger partial charge < -0.3 is 0 Å². The Kier molecular flexibility index (Phi) is 2.18. The summed E-state index contributed by atoms with van der Waals surface area (Å²) in [6.45, 7) is 6.25. The van der Waals surface area contributed by atoms with E-state index in [1.165, 1.54) is 5.56 Å². The molecule has 0 aliphatic rings. The molecule has 0 aliphatic heterocycles. The van der Waals surface area contributed by atoms with Gasteiger partial charge in [0.2, 0.25) is 0 Å². The van der Waals surface area contributed by atoms with E-state index in [0.717, 1.165) is 5.56 Å². The topological polar surface area (TPSA) is 19.9 Å². The molecule has 0 unspecified atom stereocenters. The molecule has 1 radical (unpaired) electrons. The lowest BCUT2D eigenvalue weighted by atomic mass is 9.98. The number of benzene rings is 1. The molecule has 11 heavy (non-hydrogen) atoms. The number of aryl methyl sites for hydroxylation is 1. The number of hydrogen-bond acceptors (Lipinski definition) is 0. The lowest BCUT2D eigenvalue weighted by Gasteiger charge is -2.07. The minimum atomic E-state index is 0.104. The van der Waals surface area contributed by atoms with Crippen LogP contribution in [0, 0.1) is 6.92 Å². The minimum Gasteiger partial charge on any atom is -0.290 e. The second-order valence-electron chi connectivity index (χ2n) is 3.17. The Balaban J connectivity index is 3.09. The summed E-state index contributed by atoms with van der Waals surface area (Å²) in [5.41, 5.74) is 2.37. The Hall–Kier alpha value is -0.980. The Bertz CT molecular complexity index is 251. The third kappa shape index (κ3) is 1.73. The molecule has 0 spiro atoms. The van der Waals surface area contributed by atoms with Crippen molar-refractivity contribution in [2.75, 3.05) is 0 Å². The maximum Gasteiger partial charge on any atom is 0.178 e. The molecule has 0 aromatic heterocycles. The van der Waals surface area contributed by atoms with Gasteiger partial charge in [-0.2, -0.15) is 0 Å². The van der Waals surface area contributed by atoms with Crippen LogP contribution in [0.4, 0.5) is 0 Å². The predicted molar refractivity (Wildman–Crippen MR) is 45.4 cm³/mol. The average Bonchev–Trinajstić information content (AvgIpc) is 1.85. The molecule has 0 amide bonds. The second-order valence-corrected chi connectivity index (χ2v) is 3.17. The van der Waals surface area contributed by atoms with E-state index in [2.05, 4.69) is 13.8 Å². The van der Waals surface area contributed by atoms with Crippen molar-refractivity contribution in [2.45, 2.75) is 26.7 Å². The van der Waals surface area contributed by atoms with Gasteiger partial charge in [0, 0.05) is 0 Å². The summed E-state index contributed by atoms with van der Waals surface area (Å²) >= 11 is 0. The van der Waals surface area contributed by atoms with E-state index in [1.807, 2.05) is 13.0 Å². The normalized spacial score (nSPS) is 10.5. The van der Waals surface area contributed by atoms with Crippen molar-refractivity contribution in [3.8, 4) is 5.75 Å². The van der Waals surface area contributed by atoms with Crippen LogP contribution in [0.3, 0.4) is 0 Å². The highest BCUT2D eigenvalue weighted by Gasteiger charge is 2.03. The lowest BCUT2D eigenvalue weighted by Crippen LogP contribution is -1.90. The van der Waals surface area contributed by atoms with Crippen molar-refractivity contribution < 1.29 is 5.11 Å². The molecule has 59 valence electrons. The minimum absolute atomic E-state index is 0.104. The standard InChI is InChI=1S/C10H13O/c1-7(2)10-5-4-9(11)6-8(10)3/h4-7H,1-3H3. The van der Waals surface area contributed by atoms with Crippen LogP contribution in [-0.4, -0.2) is 0 Å². The Morgan fingerprint density at radius 2 is 1.91 bits per heavy atom. The van der Waals surface area contributed by atoms with E-state index in [4.69, 9.17) is 0 Å². The Labute approximate surface area is 67.7 Å². The second kappa shape index (κ2) is 2.95. The van der Waals surface area contributed by atoms with Crippen LogP contribution in [-0.2, 0) is 5.11 Å². The first-order chi connectivity index (χ1) is 5.11. The third-order valence-electron chi connectivity index (χ3n) is 1.86. The third-order valence-corrected chi connectivity index (χ3v) is 1.86. The van der Waals surface area contributed by atoms with Crippen LogP contribution in [0.25, 0.3) is 0 Å². The van der Waals surface area contributed by atoms with Gasteiger partial charge >= 0.3 is 0 Å². The largest absolute Gasteiger partial charge is 0.290 e. The van der Waals surface area contributed by atoms with E-state index in [-0.39, 0.29) is 5.75 Å². The smallest absolute Gasteiger partial charge is 0.178 e. The van der Waals surface area contributed by atoms with Gasteiger partial charge in [0.1, 0.15) is 0 Å². The zero-order chi connectivity index (χ0) is 8.43. The van der Waals surface area contributed by atoms with Crippen LogP contribution in [0.15, 0.2) is 18.2 Å². The first kappa shape index (κ1) is 8.12. The molecule has 1 heteroatoms. The highest BCUT2D eigenvalue weighted by atomic mass is 16.3. The molecule has 1 aromatic carbocycles. The van der Waals surface area contributed by atoms with Crippen molar-refractivity contribution in [1.82, 2.24) is 0 Å². The van der Waals surface area contributed by atoms with Gasteiger partial charge in [-0.15, -0.1) is 0 Å². The lowest BCUT2D eigenvalue weighted by molar-refractivity contribution is 0.354. The Morgan fingerprint density at radius 3 is 2.36 bits per heavy atom. The summed E-state index contributed by atoms with van der Waals surface area (Å²) in [6.07, 6.45) is 0. The van der Waals surface area contributed by atoms with Crippen molar-refractivity contribution in [3.63, 3.8) is 0 Å². The van der Waals surface area contributed by atoms with E-state index in [1.54, 1.807) is 12.1 Å². The van der Waals surface area contributed by atoms with Crippen LogP contribution < -0.4 is 0 Å². The molecule has 1 aromatic rings. The molecular weight excluding hydrogens is 136 g/mol. The van der Waals surface area contributed by atoms with Crippen molar-refractivity contribution in [1.29, 1.82) is 0 Å². The fraction of sp³-hybridized carbons (Fsp3) is 0.400. The van der Waals surface area contributed by atoms with Crippen molar-refractivity contribution >= 4 is 0 Å². The highest BCUT2D eigenvalue weighted by Crippen LogP contribution is 2.22.